The van der Waals surface area contributed by atoms with Crippen LogP contribution in [-0.2, 0) is 59.0 Å². The summed E-state index contributed by atoms with van der Waals surface area (Å²) in [6.07, 6.45) is 0.775. The quantitative estimate of drug-likeness (QED) is 0.0138. The number of imide groups is 3. The molecule has 1 unspecified atom stereocenters. The Balaban J connectivity index is 1.26. The van der Waals surface area contributed by atoms with E-state index in [0.717, 1.165) is 12.2 Å². The van der Waals surface area contributed by atoms with E-state index in [1.807, 2.05) is 20.8 Å². The number of non-ortho nitro benzene ring substituents is 1. The molecule has 3 rings (SSSR count). The number of amides is 7. The zero-order valence-electron chi connectivity index (χ0n) is 36.5. The molecule has 356 valence electrons. The van der Waals surface area contributed by atoms with Gasteiger partial charge in [0.25, 0.3) is 23.4 Å². The van der Waals surface area contributed by atoms with E-state index in [9.17, 15) is 43.7 Å². The summed E-state index contributed by atoms with van der Waals surface area (Å²) in [4.78, 5) is 96.4. The van der Waals surface area contributed by atoms with Crippen molar-refractivity contribution < 1.29 is 71.6 Å². The molecule has 0 saturated carbocycles. The Kier molecular flexibility index (Phi) is 23.6. The van der Waals surface area contributed by atoms with E-state index in [0.29, 0.717) is 35.5 Å². The highest BCUT2D eigenvalue weighted by molar-refractivity contribution is 6.23. The molecule has 0 fully saturated rings. The van der Waals surface area contributed by atoms with Gasteiger partial charge in [-0.3, -0.25) is 34.1 Å². The number of carbonyl (C=O) groups is 7. The van der Waals surface area contributed by atoms with Gasteiger partial charge >= 0.3 is 12.2 Å². The van der Waals surface area contributed by atoms with E-state index in [-0.39, 0.29) is 108 Å². The highest BCUT2D eigenvalue weighted by atomic mass is 16.7. The summed E-state index contributed by atoms with van der Waals surface area (Å²) in [6, 6.07) is 9.67. The van der Waals surface area contributed by atoms with E-state index < -0.39 is 47.1 Å². The predicted molar refractivity (Wildman–Crippen MR) is 229 cm³/mol. The van der Waals surface area contributed by atoms with Gasteiger partial charge in [-0.2, -0.15) is 0 Å². The Morgan fingerprint density at radius 2 is 1.34 bits per heavy atom. The number of carbonyl (C=O) groups excluding carboxylic acids is 7. The average Bonchev–Trinajstić information content (AvgIpc) is 3.61. The van der Waals surface area contributed by atoms with E-state index in [4.69, 9.17) is 38.9 Å². The summed E-state index contributed by atoms with van der Waals surface area (Å²) >= 11 is 0. The first kappa shape index (κ1) is 52.8. The number of hydrogen-bond donors (Lipinski definition) is 5. The molecule has 0 saturated heterocycles. The molecule has 23 nitrogen and oxygen atoms in total. The number of nitrogens with one attached hydrogen (secondary N) is 4. The number of urea groups is 1. The second kappa shape index (κ2) is 29.0. The Bertz CT molecular complexity index is 1890. The zero-order chi connectivity index (χ0) is 47.6. The number of ether oxygens (including phenoxy) is 7. The third-order valence-corrected chi connectivity index (χ3v) is 8.98. The van der Waals surface area contributed by atoms with Crippen LogP contribution in [-0.4, -0.2) is 136 Å². The Hall–Kier alpha value is -6.53. The molecule has 0 radical (unpaired) electrons. The minimum Gasteiger partial charge on any atom is -0.429 e. The van der Waals surface area contributed by atoms with E-state index in [2.05, 4.69) is 21.3 Å². The summed E-state index contributed by atoms with van der Waals surface area (Å²) in [5.74, 6) is -3.28. The van der Waals surface area contributed by atoms with Crippen molar-refractivity contribution in [1.29, 1.82) is 0 Å². The Morgan fingerprint density at radius 1 is 0.769 bits per heavy atom. The average molecular weight is 916 g/mol. The van der Waals surface area contributed by atoms with E-state index in [1.54, 1.807) is 24.3 Å². The van der Waals surface area contributed by atoms with Crippen molar-refractivity contribution in [3.8, 4) is 5.75 Å². The maximum atomic E-state index is 13.2. The highest BCUT2D eigenvalue weighted by Gasteiger charge is 2.36. The molecule has 0 aliphatic carbocycles. The van der Waals surface area contributed by atoms with Crippen LogP contribution < -0.4 is 31.7 Å². The number of primary amides is 1. The van der Waals surface area contributed by atoms with Gasteiger partial charge in [-0.25, -0.2) is 14.5 Å². The van der Waals surface area contributed by atoms with Crippen LogP contribution in [0, 0.1) is 16.0 Å². The van der Waals surface area contributed by atoms with Crippen LogP contribution in [0.5, 0.6) is 5.75 Å². The van der Waals surface area contributed by atoms with Gasteiger partial charge in [-0.15, -0.1) is 0 Å². The van der Waals surface area contributed by atoms with Crippen LogP contribution in [0.2, 0.25) is 0 Å². The molecule has 0 aromatic heterocycles. The highest BCUT2D eigenvalue weighted by Crippen LogP contribution is 2.19. The second-order valence-electron chi connectivity index (χ2n) is 14.5. The van der Waals surface area contributed by atoms with Gasteiger partial charge in [-0.1, -0.05) is 26.0 Å². The minimum atomic E-state index is -1.46. The lowest BCUT2D eigenvalue weighted by Crippen LogP contribution is -2.51. The largest absolute Gasteiger partial charge is 0.514 e. The summed E-state index contributed by atoms with van der Waals surface area (Å²) in [5, 5.41) is 21.8. The normalized spacial score (nSPS) is 13.5. The topological polar surface area (TPSA) is 305 Å². The van der Waals surface area contributed by atoms with Gasteiger partial charge in [0.05, 0.1) is 64.4 Å². The first-order valence-electron chi connectivity index (χ1n) is 20.7. The lowest BCUT2D eigenvalue weighted by atomic mass is 10.0. The van der Waals surface area contributed by atoms with Gasteiger partial charge < -0.3 is 60.2 Å². The molecule has 6 N–H and O–H groups in total. The van der Waals surface area contributed by atoms with Gasteiger partial charge in [0.1, 0.15) is 18.4 Å². The van der Waals surface area contributed by atoms with Crippen molar-refractivity contribution in [2.75, 3.05) is 71.3 Å². The fraction of sp³-hybridized carbons (Fsp3) is 0.500. The zero-order valence-corrected chi connectivity index (χ0v) is 36.5. The first-order valence-corrected chi connectivity index (χ1v) is 20.7. The van der Waals surface area contributed by atoms with Crippen molar-refractivity contribution in [3.63, 3.8) is 0 Å². The molecule has 2 aromatic rings. The second-order valence-corrected chi connectivity index (χ2v) is 14.5. The van der Waals surface area contributed by atoms with Crippen LogP contribution in [0.4, 0.5) is 21.0 Å². The number of nitrogens with two attached hydrogens (primary N) is 1. The summed E-state index contributed by atoms with van der Waals surface area (Å²) in [7, 11) is 0. The molecule has 2 aromatic carbocycles. The SMILES string of the molecule is CC(C)[C@H](NC(=O)CCOCCOCCOCCOCCOC(Nc1ccc(COC(=O)Oc2ccc([N+](=O)[O-])cc2)cc1)C(=O)N1C(=O)C=CC1=O)C(=O)N[C@@H](C)CCCNC(N)=O. The lowest BCUT2D eigenvalue weighted by molar-refractivity contribution is -0.384. The molecule has 3 atom stereocenters. The van der Waals surface area contributed by atoms with E-state index >= 15 is 0 Å². The summed E-state index contributed by atoms with van der Waals surface area (Å²) in [5.41, 5.74) is 5.79. The van der Waals surface area contributed by atoms with Gasteiger partial charge in [0, 0.05) is 49.0 Å². The molecule has 1 aliphatic heterocycles. The fourth-order valence-corrected chi connectivity index (χ4v) is 5.62. The van der Waals surface area contributed by atoms with E-state index in [1.165, 1.54) is 24.3 Å². The molecule has 7 amide bonds. The molecule has 1 heterocycles. The number of nitrogens with zero attached hydrogens (tertiary/aromatic N) is 2. The number of benzene rings is 2. The molecular weight excluding hydrogens is 858 g/mol. The van der Waals surface area contributed by atoms with Crippen LogP contribution in [0.3, 0.4) is 0 Å². The number of rotatable bonds is 31. The number of nitro groups is 1. The fourth-order valence-electron chi connectivity index (χ4n) is 5.62. The summed E-state index contributed by atoms with van der Waals surface area (Å²) < 4.78 is 37.8. The van der Waals surface area contributed by atoms with Crippen LogP contribution in [0.25, 0.3) is 0 Å². The van der Waals surface area contributed by atoms with Crippen molar-refractivity contribution in [1.82, 2.24) is 20.9 Å². The molecule has 65 heavy (non-hydrogen) atoms. The first-order chi connectivity index (χ1) is 31.1. The lowest BCUT2D eigenvalue weighted by Gasteiger charge is -2.24. The number of hydrogen-bond acceptors (Lipinski definition) is 17. The molecular formula is C42H57N7O16. The smallest absolute Gasteiger partial charge is 0.429 e. The standard InChI is InChI=1S/C42H57N7O16/c1-28(2)37(38(53)45-29(3)5-4-17-44-41(43)55)47-34(50)16-18-59-19-20-60-21-22-61-23-24-62-25-26-63-39(40(54)48-35(51)14-15-36(48)52)46-31-8-6-30(7-9-31)27-64-42(56)65-33-12-10-32(11-13-33)49(57)58/h6-15,28-29,37,39,46H,4-5,16-27H2,1-3H3,(H,45,53)(H,47,50)(H3,43,44,55)/t29-,37-,39?/m0/s1. The third-order valence-electron chi connectivity index (χ3n) is 8.98. The molecule has 0 bridgehead atoms. The predicted octanol–water partition coefficient (Wildman–Crippen LogP) is 2.07. The van der Waals surface area contributed by atoms with Gasteiger partial charge in [0.2, 0.25) is 18.0 Å². The number of nitro benzene ring substituents is 1. The maximum absolute atomic E-state index is 13.2. The van der Waals surface area contributed by atoms with Crippen molar-refractivity contribution in [3.05, 3.63) is 76.4 Å². The van der Waals surface area contributed by atoms with Crippen LogP contribution in [0.1, 0.15) is 45.6 Å². The molecule has 23 heteroatoms. The van der Waals surface area contributed by atoms with Crippen molar-refractivity contribution >= 4 is 53.1 Å². The number of anilines is 1. The van der Waals surface area contributed by atoms with Crippen molar-refractivity contribution in [2.24, 2.45) is 11.7 Å². The van der Waals surface area contributed by atoms with Crippen LogP contribution in [0.15, 0.2) is 60.7 Å². The minimum absolute atomic E-state index is 0.0382. The molecule has 1 aliphatic rings. The van der Waals surface area contributed by atoms with Crippen LogP contribution >= 0.6 is 0 Å². The monoisotopic (exact) mass is 915 g/mol. The maximum Gasteiger partial charge on any atom is 0.514 e. The summed E-state index contributed by atoms with van der Waals surface area (Å²) in [6.45, 7) is 7.29. The Morgan fingerprint density at radius 3 is 1.89 bits per heavy atom. The Labute approximate surface area is 375 Å². The molecule has 0 spiro atoms. The van der Waals surface area contributed by atoms with Gasteiger partial charge in [0.15, 0.2) is 0 Å². The van der Waals surface area contributed by atoms with Crippen molar-refractivity contribution in [2.45, 2.75) is 65.0 Å². The van der Waals surface area contributed by atoms with Gasteiger partial charge in [-0.05, 0) is 55.5 Å². The third kappa shape index (κ3) is 20.7.